The van der Waals surface area contributed by atoms with Gasteiger partial charge in [-0.05, 0) is 94.1 Å². The van der Waals surface area contributed by atoms with Crippen LogP contribution in [0.15, 0.2) is 36.0 Å². The molecule has 3 saturated heterocycles. The largest absolute Gasteiger partial charge is 0.458 e. The lowest BCUT2D eigenvalue weighted by Gasteiger charge is -2.44. The van der Waals surface area contributed by atoms with Crippen molar-refractivity contribution in [1.29, 1.82) is 0 Å². The Hall–Kier alpha value is -1.96. The van der Waals surface area contributed by atoms with Crippen LogP contribution in [0.3, 0.4) is 0 Å². The number of allylic oxidation sites excluding steroid dienone is 5. The summed E-state index contributed by atoms with van der Waals surface area (Å²) in [4.78, 5) is 28.2. The number of hydrogen-bond donors (Lipinski definition) is 1. The van der Waals surface area contributed by atoms with E-state index in [1.165, 1.54) is 0 Å². The predicted molar refractivity (Wildman–Crippen MR) is 192 cm³/mol. The van der Waals surface area contributed by atoms with Gasteiger partial charge in [-0.15, -0.1) is 0 Å². The lowest BCUT2D eigenvalue weighted by atomic mass is 9.70. The Labute approximate surface area is 309 Å². The summed E-state index contributed by atoms with van der Waals surface area (Å²) in [5, 5.41) is 10.2. The number of fused-ring (bicyclic) bond motifs is 5. The number of aliphatic hydroxyl groups excluding tert-OH is 1. The first-order valence-corrected chi connectivity index (χ1v) is 19.7. The average Bonchev–Trinajstić information content (AvgIpc) is 3.71. The Bertz CT molecular complexity index is 1310. The van der Waals surface area contributed by atoms with E-state index in [0.717, 1.165) is 31.3 Å². The molecule has 292 valence electrons. The molecule has 0 aromatic rings. The Morgan fingerprint density at radius 3 is 2.35 bits per heavy atom. The van der Waals surface area contributed by atoms with Gasteiger partial charge in [-0.2, -0.15) is 0 Å². The molecule has 0 aromatic heterocycles. The molecular weight excluding hydrogens is 668 g/mol. The van der Waals surface area contributed by atoms with Crippen LogP contribution in [0.4, 0.5) is 0 Å². The van der Waals surface area contributed by atoms with Crippen molar-refractivity contribution in [2.75, 3.05) is 21.3 Å². The van der Waals surface area contributed by atoms with Crippen LogP contribution in [0.25, 0.3) is 0 Å². The van der Waals surface area contributed by atoms with Gasteiger partial charge in [0.25, 0.3) is 0 Å². The molecule has 1 N–H and O–H groups in total. The predicted octanol–water partition coefficient (Wildman–Crippen LogP) is 5.47. The molecule has 0 amide bonds. The number of methoxy groups -OCH3 is 3. The highest BCUT2D eigenvalue weighted by Crippen LogP contribution is 2.54. The summed E-state index contributed by atoms with van der Waals surface area (Å²) in [6, 6.07) is 0. The fraction of sp³-hybridized carbons (Fsp3) is 0.805. The Morgan fingerprint density at radius 1 is 0.865 bits per heavy atom. The lowest BCUT2D eigenvalue weighted by Crippen LogP contribution is -2.59. The van der Waals surface area contributed by atoms with Gasteiger partial charge in [-0.3, -0.25) is 9.59 Å². The highest BCUT2D eigenvalue weighted by molar-refractivity contribution is 5.99. The monoisotopic (exact) mass is 730 g/mol. The molecule has 0 unspecified atom stereocenters. The fourth-order valence-electron chi connectivity index (χ4n) is 9.81. The number of carbonyl (C=O) groups excluding carboxylic acids is 2. The zero-order valence-corrected chi connectivity index (χ0v) is 32.1. The molecule has 4 fully saturated rings. The highest BCUT2D eigenvalue weighted by Gasteiger charge is 2.52. The third kappa shape index (κ3) is 8.47. The van der Waals surface area contributed by atoms with Crippen LogP contribution in [-0.2, 0) is 47.5 Å². The van der Waals surface area contributed by atoms with Gasteiger partial charge in [0.2, 0.25) is 0 Å². The minimum Gasteiger partial charge on any atom is -0.458 e. The zero-order chi connectivity index (χ0) is 37.1. The van der Waals surface area contributed by atoms with Crippen LogP contribution >= 0.6 is 0 Å². The van der Waals surface area contributed by atoms with Crippen molar-refractivity contribution in [3.63, 3.8) is 0 Å². The molecule has 6 rings (SSSR count). The van der Waals surface area contributed by atoms with Crippen molar-refractivity contribution < 1.29 is 52.6 Å². The minimum atomic E-state index is -0.610. The molecule has 17 atom stereocenters. The minimum absolute atomic E-state index is 0.00710. The standard InChI is InChI=1S/C41H62O11/c1-8-9-11-26-12-10-13-34(52-36-17-16-33(42)23(3)48-36)22(2)37(44)32-20-30-28(31(32)21-35(43)50-26)15-14-25-18-27(19-29(25)30)51-41-40(47-7)39(46-6)38(45-5)24(4)49-41/h9,11,14-15,20,22-31,33-34,36,38-42H,8,10,12-13,16-19,21H2,1-7H3/b11-9+/t22-,23-,24+,25-,26+,27-,28-,29-,30-,31+,33+,34+,36+,38+,39-,40-,41+/m1/s1. The molecule has 11 heteroatoms. The van der Waals surface area contributed by atoms with Crippen LogP contribution in [0, 0.1) is 35.5 Å². The fourth-order valence-corrected chi connectivity index (χ4v) is 9.81. The number of aliphatic hydroxyl groups is 1. The summed E-state index contributed by atoms with van der Waals surface area (Å²) in [7, 11) is 4.94. The number of hydrogen-bond acceptors (Lipinski definition) is 11. The second-order valence-corrected chi connectivity index (χ2v) is 15.9. The summed E-state index contributed by atoms with van der Waals surface area (Å²) in [5.41, 5.74) is 0.717. The summed E-state index contributed by atoms with van der Waals surface area (Å²) in [6.07, 6.45) is 12.5. The Balaban J connectivity index is 1.22. The van der Waals surface area contributed by atoms with Gasteiger partial charge in [-0.25, -0.2) is 0 Å². The van der Waals surface area contributed by atoms with E-state index < -0.39 is 30.7 Å². The van der Waals surface area contributed by atoms with Crippen LogP contribution in [-0.4, -0.2) is 106 Å². The van der Waals surface area contributed by atoms with Gasteiger partial charge in [0.05, 0.1) is 36.9 Å². The number of ether oxygens (including phenoxy) is 8. The second kappa shape index (κ2) is 17.7. The van der Waals surface area contributed by atoms with Crippen LogP contribution in [0.5, 0.6) is 0 Å². The number of cyclic esters (lactones) is 1. The lowest BCUT2D eigenvalue weighted by molar-refractivity contribution is -0.314. The molecule has 3 aliphatic carbocycles. The first kappa shape index (κ1) is 39.7. The maximum atomic E-state index is 14.6. The van der Waals surface area contributed by atoms with Gasteiger partial charge in [0.15, 0.2) is 18.4 Å². The van der Waals surface area contributed by atoms with E-state index in [0.29, 0.717) is 25.7 Å². The number of rotatable bonds is 9. The van der Waals surface area contributed by atoms with E-state index in [-0.39, 0.29) is 90.5 Å². The molecule has 3 aliphatic heterocycles. The maximum Gasteiger partial charge on any atom is 0.307 e. The molecule has 3 heterocycles. The first-order chi connectivity index (χ1) is 25.1. The third-order valence-electron chi connectivity index (χ3n) is 12.7. The SMILES string of the molecule is CC/C=C/[C@H]1CCC[C@H](O[C@H]2CC[C@H](O)[C@@H](C)O2)[C@@H](C)C(=O)C2=C[C@@H]3[C@@H](C=C[C@@H]4C[C@@H](O[C@@H]5O[C@@H](C)[C@H](OC)[C@@H](OC)[C@H]5OC)C[C@@H]34)[C@@H]2CC(=O)O1. The number of Topliss-reactive ketones (excluding diaryl/α,β-unsaturated/α-hetero) is 1. The van der Waals surface area contributed by atoms with Crippen LogP contribution < -0.4 is 0 Å². The van der Waals surface area contributed by atoms with Crippen molar-refractivity contribution in [2.45, 2.75) is 153 Å². The van der Waals surface area contributed by atoms with Crippen molar-refractivity contribution >= 4 is 11.8 Å². The molecule has 0 radical (unpaired) electrons. The van der Waals surface area contributed by atoms with Gasteiger partial charge in [0.1, 0.15) is 24.4 Å². The van der Waals surface area contributed by atoms with Crippen molar-refractivity contribution in [1.82, 2.24) is 0 Å². The second-order valence-electron chi connectivity index (χ2n) is 15.9. The molecular formula is C41H62O11. The Kier molecular flexibility index (Phi) is 13.5. The van der Waals surface area contributed by atoms with E-state index in [9.17, 15) is 14.7 Å². The van der Waals surface area contributed by atoms with Crippen molar-refractivity contribution in [2.24, 2.45) is 35.5 Å². The molecule has 1 saturated carbocycles. The van der Waals surface area contributed by atoms with E-state index in [1.807, 2.05) is 32.9 Å². The van der Waals surface area contributed by atoms with Gasteiger partial charge >= 0.3 is 5.97 Å². The summed E-state index contributed by atoms with van der Waals surface area (Å²) in [5.74, 6) is -0.326. The van der Waals surface area contributed by atoms with E-state index >= 15 is 0 Å². The first-order valence-electron chi connectivity index (χ1n) is 19.7. The Morgan fingerprint density at radius 2 is 1.63 bits per heavy atom. The van der Waals surface area contributed by atoms with Gasteiger partial charge in [0, 0.05) is 39.6 Å². The van der Waals surface area contributed by atoms with Crippen molar-refractivity contribution in [3.05, 3.63) is 36.0 Å². The van der Waals surface area contributed by atoms with Gasteiger partial charge < -0.3 is 43.0 Å². The van der Waals surface area contributed by atoms with Crippen molar-refractivity contribution in [3.8, 4) is 0 Å². The summed E-state index contributed by atoms with van der Waals surface area (Å²) < 4.78 is 49.0. The topological polar surface area (TPSA) is 128 Å². The third-order valence-corrected chi connectivity index (χ3v) is 12.7. The van der Waals surface area contributed by atoms with E-state index in [4.69, 9.17) is 37.9 Å². The smallest absolute Gasteiger partial charge is 0.307 e. The van der Waals surface area contributed by atoms with E-state index in [1.54, 1.807) is 21.3 Å². The molecule has 11 nitrogen and oxygen atoms in total. The van der Waals surface area contributed by atoms with Crippen LogP contribution in [0.1, 0.15) is 85.5 Å². The number of esters is 1. The number of ketones is 1. The normalized spacial score (nSPS) is 45.8. The highest BCUT2D eigenvalue weighted by atomic mass is 16.7. The molecule has 52 heavy (non-hydrogen) atoms. The maximum absolute atomic E-state index is 14.6. The molecule has 0 bridgehead atoms. The van der Waals surface area contributed by atoms with E-state index in [2.05, 4.69) is 25.2 Å². The molecule has 0 aromatic carbocycles. The average molecular weight is 731 g/mol. The van der Waals surface area contributed by atoms with Crippen LogP contribution in [0.2, 0.25) is 0 Å². The van der Waals surface area contributed by atoms with Gasteiger partial charge in [-0.1, -0.05) is 38.2 Å². The quantitative estimate of drug-likeness (QED) is 0.240. The molecule has 6 aliphatic rings. The summed E-state index contributed by atoms with van der Waals surface area (Å²) in [6.45, 7) is 7.85. The molecule has 0 spiro atoms. The number of carbonyl (C=O) groups is 2. The summed E-state index contributed by atoms with van der Waals surface area (Å²) >= 11 is 0. The zero-order valence-electron chi connectivity index (χ0n) is 32.1.